The van der Waals surface area contributed by atoms with Gasteiger partial charge in [-0.1, -0.05) is 0 Å². The summed E-state index contributed by atoms with van der Waals surface area (Å²) in [7, 11) is -0.272. The Labute approximate surface area is 148 Å². The average molecular weight is 364 g/mol. The summed E-state index contributed by atoms with van der Waals surface area (Å²) >= 11 is 0. The first kappa shape index (κ1) is 18.0. The molecule has 1 atom stereocenters. The maximum Gasteiger partial charge on any atom is 0.281 e. The number of nitrogens with zero attached hydrogens (tertiary/aromatic N) is 5. The largest absolute Gasteiger partial charge is 0.282 e. The monoisotopic (exact) mass is 364 g/mol. The van der Waals surface area contributed by atoms with Crippen molar-refractivity contribution in [1.82, 2.24) is 28.8 Å². The molecule has 25 heavy (non-hydrogen) atoms. The number of aromatic nitrogens is 4. The summed E-state index contributed by atoms with van der Waals surface area (Å²) in [6.45, 7) is 4.88. The number of piperidine rings is 1. The summed E-state index contributed by atoms with van der Waals surface area (Å²) in [5, 5.41) is 7.14. The summed E-state index contributed by atoms with van der Waals surface area (Å²) in [5.74, 6) is 0.0663. The molecule has 2 aromatic rings. The van der Waals surface area contributed by atoms with Gasteiger partial charge < -0.3 is 0 Å². The van der Waals surface area contributed by atoms with E-state index in [2.05, 4.69) is 20.2 Å². The van der Waals surface area contributed by atoms with E-state index in [1.807, 2.05) is 13.8 Å². The highest BCUT2D eigenvalue weighted by Gasteiger charge is 2.31. The number of aryl methyl sites for hydroxylation is 2. The molecule has 1 saturated heterocycles. The summed E-state index contributed by atoms with van der Waals surface area (Å²) < 4.78 is 27.5. The van der Waals surface area contributed by atoms with Crippen LogP contribution in [0.2, 0.25) is 0 Å². The van der Waals surface area contributed by atoms with E-state index in [0.29, 0.717) is 13.1 Å². The second-order valence-electron chi connectivity index (χ2n) is 6.62. The van der Waals surface area contributed by atoms with Crippen LogP contribution in [0.3, 0.4) is 0 Å². The van der Waals surface area contributed by atoms with Crippen LogP contribution in [0.4, 0.5) is 0 Å². The summed E-state index contributed by atoms with van der Waals surface area (Å²) in [5.41, 5.74) is 4.43. The molecule has 1 aliphatic heterocycles. The molecule has 0 aromatic carbocycles. The number of hydrogen-bond donors (Lipinski definition) is 1. The third-order valence-electron chi connectivity index (χ3n) is 4.65. The third kappa shape index (κ3) is 3.44. The molecule has 136 valence electrons. The Bertz CT molecular complexity index is 825. The second kappa shape index (κ2) is 6.81. The van der Waals surface area contributed by atoms with Gasteiger partial charge in [-0.05, 0) is 26.7 Å². The predicted octanol–water partition coefficient (Wildman–Crippen LogP) is 1.47. The quantitative estimate of drug-likeness (QED) is 0.886. The molecule has 0 spiro atoms. The molecule has 1 N–H and O–H groups in total. The summed E-state index contributed by atoms with van der Waals surface area (Å²) in [6.07, 6.45) is 5.25. The highest BCUT2D eigenvalue weighted by atomic mass is 32.2. The minimum atomic E-state index is -3.39. The summed E-state index contributed by atoms with van der Waals surface area (Å²) in [6, 6.07) is 0. The van der Waals surface area contributed by atoms with Crippen LogP contribution in [-0.2, 0) is 10.2 Å². The van der Waals surface area contributed by atoms with E-state index >= 15 is 0 Å². The van der Waals surface area contributed by atoms with Gasteiger partial charge in [0.2, 0.25) is 0 Å². The molecule has 0 aliphatic carbocycles. The van der Waals surface area contributed by atoms with E-state index in [0.717, 1.165) is 41.2 Å². The van der Waals surface area contributed by atoms with Gasteiger partial charge in [0.25, 0.3) is 10.2 Å². The lowest BCUT2D eigenvalue weighted by Gasteiger charge is -2.33. The fourth-order valence-electron chi connectivity index (χ4n) is 3.23. The van der Waals surface area contributed by atoms with Gasteiger partial charge in [-0.25, -0.2) is 0 Å². The first-order valence-corrected chi connectivity index (χ1v) is 9.72. The van der Waals surface area contributed by atoms with Crippen LogP contribution in [0.15, 0.2) is 12.4 Å². The van der Waals surface area contributed by atoms with Crippen molar-refractivity contribution in [2.75, 3.05) is 27.2 Å². The highest BCUT2D eigenvalue weighted by molar-refractivity contribution is 7.86. The van der Waals surface area contributed by atoms with Crippen molar-refractivity contribution in [3.63, 3.8) is 0 Å². The maximum atomic E-state index is 12.4. The van der Waals surface area contributed by atoms with Crippen LogP contribution in [0, 0.1) is 13.8 Å². The Balaban J connectivity index is 1.81. The zero-order valence-corrected chi connectivity index (χ0v) is 15.8. The van der Waals surface area contributed by atoms with Crippen LogP contribution >= 0.6 is 0 Å². The maximum absolute atomic E-state index is 12.4. The van der Waals surface area contributed by atoms with E-state index in [4.69, 9.17) is 0 Å². The van der Waals surface area contributed by atoms with Crippen molar-refractivity contribution in [1.29, 1.82) is 0 Å². The molecule has 1 aliphatic rings. The molecule has 8 nitrogen and oxygen atoms in total. The number of rotatable bonds is 4. The first-order chi connectivity index (χ1) is 11.8. The molecule has 0 saturated carbocycles. The minimum absolute atomic E-state index is 0.0663. The van der Waals surface area contributed by atoms with Crippen LogP contribution in [-0.4, -0.2) is 64.4 Å². The van der Waals surface area contributed by atoms with Crippen LogP contribution in [0.5, 0.6) is 0 Å². The summed E-state index contributed by atoms with van der Waals surface area (Å²) in [4.78, 5) is 9.10. The van der Waals surface area contributed by atoms with Crippen molar-refractivity contribution in [3.05, 3.63) is 29.5 Å². The normalized spacial score (nSPS) is 19.5. The Morgan fingerprint density at radius 1 is 1.24 bits per heavy atom. The fourth-order valence-corrected chi connectivity index (χ4v) is 4.42. The molecule has 0 unspecified atom stereocenters. The van der Waals surface area contributed by atoms with Gasteiger partial charge in [0.1, 0.15) is 0 Å². The molecule has 0 amide bonds. The molecule has 3 heterocycles. The average Bonchev–Trinajstić information content (AvgIpc) is 2.93. The highest BCUT2D eigenvalue weighted by Crippen LogP contribution is 2.29. The number of hydrogen-bond acceptors (Lipinski definition) is 5. The Kier molecular flexibility index (Phi) is 4.90. The fraction of sp³-hybridized carbons (Fsp3) is 0.562. The van der Waals surface area contributed by atoms with Crippen LogP contribution in [0.1, 0.15) is 35.8 Å². The molecule has 0 radical (unpaired) electrons. The van der Waals surface area contributed by atoms with Gasteiger partial charge in [-0.3, -0.25) is 15.1 Å². The lowest BCUT2D eigenvalue weighted by atomic mass is 9.96. The van der Waals surface area contributed by atoms with E-state index in [-0.39, 0.29) is 5.92 Å². The van der Waals surface area contributed by atoms with E-state index in [1.54, 1.807) is 26.5 Å². The van der Waals surface area contributed by atoms with Crippen LogP contribution in [0.25, 0.3) is 11.3 Å². The van der Waals surface area contributed by atoms with Gasteiger partial charge in [0.15, 0.2) is 0 Å². The van der Waals surface area contributed by atoms with Crippen LogP contribution < -0.4 is 0 Å². The van der Waals surface area contributed by atoms with Crippen molar-refractivity contribution >= 4 is 10.2 Å². The van der Waals surface area contributed by atoms with Crippen molar-refractivity contribution in [3.8, 4) is 11.3 Å². The Morgan fingerprint density at radius 2 is 2.00 bits per heavy atom. The van der Waals surface area contributed by atoms with Gasteiger partial charge in [0.05, 0.1) is 23.3 Å². The predicted molar refractivity (Wildman–Crippen MR) is 95.2 cm³/mol. The lowest BCUT2D eigenvalue weighted by molar-refractivity contribution is 0.296. The first-order valence-electron chi connectivity index (χ1n) is 8.32. The standard InChI is InChI=1S/C16H24N6O2S/c1-11-16(12(2)20-19-11)15-9-17-14(8-18-15)13-6-5-7-22(10-13)25(23,24)21(3)4/h8-9,13H,5-7,10H2,1-4H3,(H,19,20)/t13-/m0/s1. The van der Waals surface area contributed by atoms with Gasteiger partial charge in [0, 0.05) is 50.6 Å². The third-order valence-corrected chi connectivity index (χ3v) is 6.55. The molecule has 0 bridgehead atoms. The van der Waals surface area contributed by atoms with Gasteiger partial charge in [-0.15, -0.1) is 0 Å². The number of H-pyrrole nitrogens is 1. The zero-order chi connectivity index (χ0) is 18.2. The number of aromatic amines is 1. The smallest absolute Gasteiger partial charge is 0.281 e. The molecule has 9 heteroatoms. The molecular formula is C16H24N6O2S. The van der Waals surface area contributed by atoms with Crippen molar-refractivity contribution in [2.45, 2.75) is 32.6 Å². The Hall–Kier alpha value is -1.84. The van der Waals surface area contributed by atoms with Crippen molar-refractivity contribution in [2.24, 2.45) is 0 Å². The molecule has 1 fully saturated rings. The number of nitrogens with one attached hydrogen (secondary N) is 1. The van der Waals surface area contributed by atoms with Crippen molar-refractivity contribution < 1.29 is 8.42 Å². The molecule has 3 rings (SSSR count). The topological polar surface area (TPSA) is 95.1 Å². The molecular weight excluding hydrogens is 340 g/mol. The molecule has 2 aromatic heterocycles. The second-order valence-corrected chi connectivity index (χ2v) is 8.77. The van der Waals surface area contributed by atoms with Gasteiger partial charge in [-0.2, -0.15) is 22.1 Å². The lowest BCUT2D eigenvalue weighted by Crippen LogP contribution is -2.45. The zero-order valence-electron chi connectivity index (χ0n) is 15.0. The van der Waals surface area contributed by atoms with E-state index < -0.39 is 10.2 Å². The minimum Gasteiger partial charge on any atom is -0.282 e. The van der Waals surface area contributed by atoms with Gasteiger partial charge >= 0.3 is 0 Å². The Morgan fingerprint density at radius 3 is 2.56 bits per heavy atom. The SMILES string of the molecule is Cc1n[nH]c(C)c1-c1cnc([C@H]2CCCN(S(=O)(=O)N(C)C)C2)cn1. The van der Waals surface area contributed by atoms with E-state index in [9.17, 15) is 8.42 Å². The van der Waals surface area contributed by atoms with E-state index in [1.165, 1.54) is 8.61 Å².